The second kappa shape index (κ2) is 6.50. The van der Waals surface area contributed by atoms with Crippen molar-refractivity contribution in [3.8, 4) is 0 Å². The maximum absolute atomic E-state index is 14.4. The van der Waals surface area contributed by atoms with Gasteiger partial charge in [0.05, 0.1) is 17.4 Å². The first kappa shape index (κ1) is 19.1. The zero-order chi connectivity index (χ0) is 20.0. The Morgan fingerprint density at radius 3 is 2.33 bits per heavy atom. The lowest BCUT2D eigenvalue weighted by Gasteiger charge is -2.19. The summed E-state index contributed by atoms with van der Waals surface area (Å²) in [5, 5.41) is 3.51. The van der Waals surface area contributed by atoms with Gasteiger partial charge >= 0.3 is 6.18 Å². The third-order valence-corrected chi connectivity index (χ3v) is 5.16. The van der Waals surface area contributed by atoms with Crippen LogP contribution in [0.1, 0.15) is 16.4 Å². The smallest absolute Gasteiger partial charge is 0.280 e. The number of nitrogens with one attached hydrogen (secondary N) is 1. The van der Waals surface area contributed by atoms with Crippen molar-refractivity contribution in [2.75, 3.05) is 0 Å². The van der Waals surface area contributed by atoms with Gasteiger partial charge in [0.15, 0.2) is 5.25 Å². The number of H-pyrrole nitrogens is 1. The molecule has 1 heterocycles. The molecular formula is C16H13F4N3O3S. The maximum Gasteiger partial charge on any atom is 0.410 e. The number of nitrogens with zero attached hydrogens (tertiary/aromatic N) is 1. The Morgan fingerprint density at radius 2 is 1.78 bits per heavy atom. The fraction of sp³-hybridized carbons (Fsp3) is 0.188. The molecule has 2 aromatic carbocycles. The summed E-state index contributed by atoms with van der Waals surface area (Å²) in [5.74, 6) is -1.43. The normalized spacial score (nSPS) is 13.8. The maximum atomic E-state index is 14.4. The topological polar surface area (TPSA) is 98.0 Å². The molecule has 0 saturated heterocycles. The van der Waals surface area contributed by atoms with Crippen LogP contribution in [0.25, 0.3) is 10.9 Å². The molecule has 3 N–H and O–H groups in total. The molecule has 0 saturated carbocycles. The fourth-order valence-electron chi connectivity index (χ4n) is 2.86. The standard InChI is InChI=1S/C16H13F4N3O3S/c17-12-7-13-11(6-10(12)14(16(18,19)20)27(21,25)26)15(24)22-23(13)8-9-4-2-1-3-5-9/h1-7,14H,8H2,(H,22,24)(H2,21,25,26). The molecule has 0 aliphatic carbocycles. The highest BCUT2D eigenvalue weighted by Crippen LogP contribution is 2.39. The number of benzene rings is 2. The van der Waals surface area contributed by atoms with Gasteiger partial charge in [0.2, 0.25) is 10.0 Å². The Labute approximate surface area is 150 Å². The van der Waals surface area contributed by atoms with Crippen molar-refractivity contribution in [2.45, 2.75) is 18.0 Å². The van der Waals surface area contributed by atoms with Crippen LogP contribution in [-0.2, 0) is 16.6 Å². The summed E-state index contributed by atoms with van der Waals surface area (Å²) < 4.78 is 77.9. The summed E-state index contributed by atoms with van der Waals surface area (Å²) in [6, 6.07) is 10.0. The summed E-state index contributed by atoms with van der Waals surface area (Å²) in [6.07, 6.45) is -5.35. The van der Waals surface area contributed by atoms with E-state index in [1.807, 2.05) is 0 Å². The second-order valence-electron chi connectivity index (χ2n) is 5.91. The molecule has 0 bridgehead atoms. The molecule has 6 nitrogen and oxygen atoms in total. The number of hydrogen-bond acceptors (Lipinski definition) is 3. The van der Waals surface area contributed by atoms with E-state index in [2.05, 4.69) is 10.2 Å². The molecule has 27 heavy (non-hydrogen) atoms. The summed E-state index contributed by atoms with van der Waals surface area (Å²) >= 11 is 0. The number of sulfonamides is 1. The minimum Gasteiger partial charge on any atom is -0.280 e. The van der Waals surface area contributed by atoms with Crippen LogP contribution in [0.3, 0.4) is 0 Å². The first-order chi connectivity index (χ1) is 12.5. The zero-order valence-corrected chi connectivity index (χ0v) is 14.3. The van der Waals surface area contributed by atoms with Gasteiger partial charge in [-0.2, -0.15) is 13.2 Å². The van der Waals surface area contributed by atoms with Gasteiger partial charge in [-0.05, 0) is 11.6 Å². The van der Waals surface area contributed by atoms with Crippen molar-refractivity contribution in [3.63, 3.8) is 0 Å². The van der Waals surface area contributed by atoms with E-state index in [1.54, 1.807) is 30.3 Å². The number of rotatable bonds is 4. The number of primary sulfonamides is 1. The molecule has 1 unspecified atom stereocenters. The first-order valence-corrected chi connectivity index (χ1v) is 9.13. The van der Waals surface area contributed by atoms with Gasteiger partial charge in [-0.15, -0.1) is 0 Å². The summed E-state index contributed by atoms with van der Waals surface area (Å²) in [7, 11) is -5.21. The van der Waals surface area contributed by atoms with Crippen LogP contribution >= 0.6 is 0 Å². The Balaban J connectivity index is 2.18. The van der Waals surface area contributed by atoms with Crippen LogP contribution < -0.4 is 10.7 Å². The lowest BCUT2D eigenvalue weighted by atomic mass is 10.1. The van der Waals surface area contributed by atoms with Crippen LogP contribution in [0.15, 0.2) is 47.3 Å². The molecule has 0 fully saturated rings. The molecule has 0 spiro atoms. The molecule has 0 aliphatic rings. The summed E-state index contributed by atoms with van der Waals surface area (Å²) in [4.78, 5) is 12.1. The van der Waals surface area contributed by atoms with Crippen molar-refractivity contribution in [1.29, 1.82) is 0 Å². The number of aromatic nitrogens is 2. The van der Waals surface area contributed by atoms with E-state index >= 15 is 0 Å². The van der Waals surface area contributed by atoms with Gasteiger partial charge in [-0.3, -0.25) is 14.6 Å². The third kappa shape index (κ3) is 3.74. The van der Waals surface area contributed by atoms with Crippen LogP contribution in [0.5, 0.6) is 0 Å². The molecule has 3 aromatic rings. The van der Waals surface area contributed by atoms with Gasteiger partial charge in [0.25, 0.3) is 5.56 Å². The Bertz CT molecular complexity index is 1150. The summed E-state index contributed by atoms with van der Waals surface area (Å²) in [5.41, 5.74) is -1.24. The largest absolute Gasteiger partial charge is 0.410 e. The van der Waals surface area contributed by atoms with Gasteiger partial charge < -0.3 is 0 Å². The highest BCUT2D eigenvalue weighted by Gasteiger charge is 2.50. The number of aromatic amines is 1. The van der Waals surface area contributed by atoms with Gasteiger partial charge in [-0.1, -0.05) is 30.3 Å². The first-order valence-electron chi connectivity index (χ1n) is 7.52. The molecular weight excluding hydrogens is 390 g/mol. The highest BCUT2D eigenvalue weighted by molar-refractivity contribution is 7.89. The van der Waals surface area contributed by atoms with Gasteiger partial charge in [0, 0.05) is 11.6 Å². The van der Waals surface area contributed by atoms with Crippen molar-refractivity contribution < 1.29 is 26.0 Å². The fourth-order valence-corrected chi connectivity index (χ4v) is 3.77. The third-order valence-electron chi connectivity index (χ3n) is 3.98. The average molecular weight is 403 g/mol. The average Bonchev–Trinajstić information content (AvgIpc) is 2.81. The van der Waals surface area contributed by atoms with Crippen molar-refractivity contribution >= 4 is 20.9 Å². The van der Waals surface area contributed by atoms with Crippen LogP contribution in [0.2, 0.25) is 0 Å². The molecule has 0 radical (unpaired) electrons. The SMILES string of the molecule is NS(=O)(=O)C(c1cc2c(=O)[nH]n(Cc3ccccc3)c2cc1F)C(F)(F)F. The number of halogens is 4. The number of nitrogens with two attached hydrogens (primary N) is 1. The Hall–Kier alpha value is -2.66. The molecule has 144 valence electrons. The number of alkyl halides is 3. The van der Waals surface area contributed by atoms with E-state index in [9.17, 15) is 30.8 Å². The highest BCUT2D eigenvalue weighted by atomic mass is 32.2. The molecule has 0 amide bonds. The number of fused-ring (bicyclic) bond motifs is 1. The van der Waals surface area contributed by atoms with Crippen LogP contribution in [-0.4, -0.2) is 24.4 Å². The van der Waals surface area contributed by atoms with E-state index in [1.165, 1.54) is 4.68 Å². The van der Waals surface area contributed by atoms with Crippen LogP contribution in [0.4, 0.5) is 17.6 Å². The zero-order valence-electron chi connectivity index (χ0n) is 13.5. The van der Waals surface area contributed by atoms with E-state index in [4.69, 9.17) is 0 Å². The quantitative estimate of drug-likeness (QED) is 0.655. The Morgan fingerprint density at radius 1 is 1.15 bits per heavy atom. The van der Waals surface area contributed by atoms with Gasteiger partial charge in [-0.25, -0.2) is 17.9 Å². The van der Waals surface area contributed by atoms with E-state index < -0.39 is 38.4 Å². The predicted octanol–water partition coefficient (Wildman–Crippen LogP) is 2.41. The molecule has 11 heteroatoms. The molecule has 1 atom stereocenters. The minimum absolute atomic E-state index is 0.000414. The van der Waals surface area contributed by atoms with Crippen LogP contribution in [0, 0.1) is 5.82 Å². The number of hydrogen-bond donors (Lipinski definition) is 2. The lowest BCUT2D eigenvalue weighted by molar-refractivity contribution is -0.132. The molecule has 3 rings (SSSR count). The van der Waals surface area contributed by atoms with E-state index in [-0.39, 0.29) is 17.4 Å². The molecule has 1 aromatic heterocycles. The van der Waals surface area contributed by atoms with Crippen molar-refractivity contribution in [2.24, 2.45) is 5.14 Å². The lowest BCUT2D eigenvalue weighted by Crippen LogP contribution is -2.34. The monoisotopic (exact) mass is 403 g/mol. The Kier molecular flexibility index (Phi) is 4.60. The second-order valence-corrected chi connectivity index (χ2v) is 7.56. The van der Waals surface area contributed by atoms with Gasteiger partial charge in [0.1, 0.15) is 5.82 Å². The molecule has 0 aliphatic heterocycles. The minimum atomic E-state index is -5.35. The predicted molar refractivity (Wildman–Crippen MR) is 90.0 cm³/mol. The van der Waals surface area contributed by atoms with E-state index in [0.717, 1.165) is 5.56 Å². The van der Waals surface area contributed by atoms with E-state index in [0.29, 0.717) is 12.1 Å². The van der Waals surface area contributed by atoms with Crippen molar-refractivity contribution in [3.05, 3.63) is 69.8 Å². The van der Waals surface area contributed by atoms with Crippen molar-refractivity contribution in [1.82, 2.24) is 9.78 Å². The summed E-state index contributed by atoms with van der Waals surface area (Å²) in [6.45, 7) is 0.135.